The molecule has 0 spiro atoms. The molecule has 6 aliphatic rings. The largest absolute Gasteiger partial charge is 0.462 e. The summed E-state index contributed by atoms with van der Waals surface area (Å²) in [6.45, 7) is 10.7. The number of halogens is 6. The molecule has 6 aliphatic carbocycles. The van der Waals surface area contributed by atoms with Gasteiger partial charge in [-0.3, -0.25) is 9.59 Å². The zero-order valence-corrected chi connectivity index (χ0v) is 27.7. The highest BCUT2D eigenvalue weighted by atomic mass is 19.4. The molecule has 0 aromatic rings. The summed E-state index contributed by atoms with van der Waals surface area (Å²) in [6.07, 6.45) is -7.85. The van der Waals surface area contributed by atoms with E-state index in [9.17, 15) is 46.1 Å². The van der Waals surface area contributed by atoms with Gasteiger partial charge < -0.3 is 19.7 Å². The number of hydrogen-bond acceptors (Lipinski definition) is 6. The standard InChI is InChI=1S/C34H50F6O6/c1-7-29(6,26(42)45-24-11-21-9-22(24)10-23(21)16-32(44,33(35,36)37)34(38,39)40)17-27(2,3)25(41)46-31-14-19-8-20(15-31)13-30(12-19,18-31)28(4,5)43/h19-24,43-44H,7-18H2,1-6H3. The van der Waals surface area contributed by atoms with Crippen molar-refractivity contribution in [3.63, 3.8) is 0 Å². The molecule has 0 aromatic carbocycles. The van der Waals surface area contributed by atoms with Gasteiger partial charge in [0.2, 0.25) is 0 Å². The lowest BCUT2D eigenvalue weighted by Gasteiger charge is -2.64. The van der Waals surface area contributed by atoms with Gasteiger partial charge in [0.05, 0.1) is 16.4 Å². The van der Waals surface area contributed by atoms with Crippen molar-refractivity contribution in [2.75, 3.05) is 0 Å². The van der Waals surface area contributed by atoms with Crippen molar-refractivity contribution in [2.45, 2.75) is 154 Å². The van der Waals surface area contributed by atoms with E-state index in [1.54, 1.807) is 27.7 Å². The smallest absolute Gasteiger partial charge is 0.426 e. The van der Waals surface area contributed by atoms with E-state index in [0.717, 1.165) is 32.1 Å². The lowest BCUT2D eigenvalue weighted by Crippen LogP contribution is -2.63. The van der Waals surface area contributed by atoms with Gasteiger partial charge >= 0.3 is 24.3 Å². The van der Waals surface area contributed by atoms with Crippen LogP contribution in [0, 0.1) is 45.8 Å². The first kappa shape index (κ1) is 35.7. The third kappa shape index (κ3) is 5.98. The maximum Gasteiger partial charge on any atom is 0.426 e. The van der Waals surface area contributed by atoms with Crippen molar-refractivity contribution < 1.29 is 55.6 Å². The molecule has 6 bridgehead atoms. The number of aliphatic hydroxyl groups is 2. The molecule has 6 saturated carbocycles. The third-order valence-corrected chi connectivity index (χ3v) is 13.0. The van der Waals surface area contributed by atoms with Crippen LogP contribution in [0.4, 0.5) is 26.3 Å². The molecule has 2 N–H and O–H groups in total. The molecule has 0 aliphatic heterocycles. The summed E-state index contributed by atoms with van der Waals surface area (Å²) in [5, 5.41) is 20.8. The van der Waals surface area contributed by atoms with Crippen molar-refractivity contribution in [1.29, 1.82) is 0 Å². The Morgan fingerprint density at radius 1 is 0.783 bits per heavy atom. The molecule has 46 heavy (non-hydrogen) atoms. The van der Waals surface area contributed by atoms with Crippen LogP contribution in [-0.2, 0) is 19.1 Å². The summed E-state index contributed by atoms with van der Waals surface area (Å²) >= 11 is 0. The second-order valence-electron chi connectivity index (χ2n) is 17.3. The van der Waals surface area contributed by atoms with Gasteiger partial charge in [0, 0.05) is 5.41 Å². The number of rotatable bonds is 10. The van der Waals surface area contributed by atoms with Crippen molar-refractivity contribution in [1.82, 2.24) is 0 Å². The molecule has 7 unspecified atom stereocenters. The first-order valence-corrected chi connectivity index (χ1v) is 16.8. The topological polar surface area (TPSA) is 93.1 Å². The van der Waals surface area contributed by atoms with E-state index in [0.29, 0.717) is 31.1 Å². The van der Waals surface area contributed by atoms with Crippen LogP contribution in [0.15, 0.2) is 0 Å². The van der Waals surface area contributed by atoms with E-state index in [2.05, 4.69) is 0 Å². The summed E-state index contributed by atoms with van der Waals surface area (Å²) in [4.78, 5) is 27.5. The molecular weight excluding hydrogens is 618 g/mol. The minimum absolute atomic E-state index is 0.00600. The molecule has 6 fully saturated rings. The van der Waals surface area contributed by atoms with E-state index >= 15 is 0 Å². The Balaban J connectivity index is 1.21. The predicted octanol–water partition coefficient (Wildman–Crippen LogP) is 7.68. The highest BCUT2D eigenvalue weighted by Crippen LogP contribution is 2.66. The fourth-order valence-electron chi connectivity index (χ4n) is 10.5. The lowest BCUT2D eigenvalue weighted by atomic mass is 9.44. The molecule has 0 heterocycles. The highest BCUT2D eigenvalue weighted by molar-refractivity contribution is 5.80. The highest BCUT2D eigenvalue weighted by Gasteiger charge is 2.71. The van der Waals surface area contributed by atoms with E-state index < -0.39 is 82.2 Å². The average molecular weight is 669 g/mol. The van der Waals surface area contributed by atoms with E-state index in [1.807, 2.05) is 13.8 Å². The Morgan fingerprint density at radius 3 is 1.80 bits per heavy atom. The van der Waals surface area contributed by atoms with Gasteiger partial charge in [0.25, 0.3) is 5.60 Å². The van der Waals surface area contributed by atoms with Crippen molar-refractivity contribution in [3.05, 3.63) is 0 Å². The molecule has 6 nitrogen and oxygen atoms in total. The van der Waals surface area contributed by atoms with Crippen LogP contribution < -0.4 is 0 Å². The predicted molar refractivity (Wildman–Crippen MR) is 155 cm³/mol. The van der Waals surface area contributed by atoms with Gasteiger partial charge in [0.15, 0.2) is 0 Å². The number of ether oxygens (including phenoxy) is 2. The molecule has 0 saturated heterocycles. The maximum absolute atomic E-state index is 13.8. The zero-order valence-electron chi connectivity index (χ0n) is 27.7. The first-order valence-electron chi connectivity index (χ1n) is 16.8. The average Bonchev–Trinajstić information content (AvgIpc) is 3.45. The minimum atomic E-state index is -5.86. The van der Waals surface area contributed by atoms with E-state index in [1.165, 1.54) is 0 Å². The second kappa shape index (κ2) is 11.0. The Kier molecular flexibility index (Phi) is 8.53. The quantitative estimate of drug-likeness (QED) is 0.183. The van der Waals surface area contributed by atoms with Gasteiger partial charge in [-0.2, -0.15) is 26.3 Å². The van der Waals surface area contributed by atoms with E-state index in [-0.39, 0.29) is 24.7 Å². The van der Waals surface area contributed by atoms with Gasteiger partial charge in [-0.05, 0) is 141 Å². The van der Waals surface area contributed by atoms with Crippen molar-refractivity contribution >= 4 is 11.9 Å². The number of esters is 2. The van der Waals surface area contributed by atoms with Crippen LogP contribution in [0.2, 0.25) is 0 Å². The SMILES string of the molecule is CCC(C)(CC(C)(C)C(=O)OC12CC3CC(C1)CC(C(C)(C)O)(C3)C2)C(=O)OC1CC2CC1CC2CC(O)(C(F)(F)F)C(F)(F)F. The Morgan fingerprint density at radius 2 is 1.35 bits per heavy atom. The van der Waals surface area contributed by atoms with Crippen LogP contribution in [0.5, 0.6) is 0 Å². The van der Waals surface area contributed by atoms with Gasteiger partial charge in [0.1, 0.15) is 11.7 Å². The summed E-state index contributed by atoms with van der Waals surface area (Å²) in [7, 11) is 0. The number of hydrogen-bond donors (Lipinski definition) is 2. The first-order chi connectivity index (χ1) is 20.8. The Hall–Kier alpha value is -1.56. The minimum Gasteiger partial charge on any atom is -0.462 e. The maximum atomic E-state index is 13.8. The molecule has 0 aromatic heterocycles. The zero-order chi connectivity index (χ0) is 34.5. The summed E-state index contributed by atoms with van der Waals surface area (Å²) in [5.74, 6) is -2.12. The molecule has 6 rings (SSSR count). The number of alkyl halides is 6. The normalized spacial score (nSPS) is 37.3. The van der Waals surface area contributed by atoms with Crippen molar-refractivity contribution in [2.24, 2.45) is 45.8 Å². The fourth-order valence-corrected chi connectivity index (χ4v) is 10.5. The lowest BCUT2D eigenvalue weighted by molar-refractivity contribution is -0.373. The van der Waals surface area contributed by atoms with Crippen LogP contribution in [-0.4, -0.2) is 57.4 Å². The molecule has 0 amide bonds. The Labute approximate surface area is 267 Å². The van der Waals surface area contributed by atoms with Crippen LogP contribution in [0.3, 0.4) is 0 Å². The van der Waals surface area contributed by atoms with Gasteiger partial charge in [-0.15, -0.1) is 0 Å². The van der Waals surface area contributed by atoms with Gasteiger partial charge in [-0.25, -0.2) is 0 Å². The summed E-state index contributed by atoms with van der Waals surface area (Å²) in [5.41, 5.74) is -8.79. The van der Waals surface area contributed by atoms with Crippen LogP contribution >= 0.6 is 0 Å². The number of carbonyl (C=O) groups excluding carboxylic acids is 2. The molecule has 264 valence electrons. The summed E-state index contributed by atoms with van der Waals surface area (Å²) in [6, 6.07) is 0. The second-order valence-corrected chi connectivity index (χ2v) is 17.3. The summed E-state index contributed by atoms with van der Waals surface area (Å²) < 4.78 is 92.1. The molecule has 12 heteroatoms. The van der Waals surface area contributed by atoms with E-state index in [4.69, 9.17) is 9.47 Å². The third-order valence-electron chi connectivity index (χ3n) is 13.0. The van der Waals surface area contributed by atoms with Crippen LogP contribution in [0.1, 0.15) is 119 Å². The fraction of sp³-hybridized carbons (Fsp3) is 0.941. The number of fused-ring (bicyclic) bond motifs is 2. The van der Waals surface area contributed by atoms with Gasteiger partial charge in [-0.1, -0.05) is 6.92 Å². The monoisotopic (exact) mass is 668 g/mol. The Bertz CT molecular complexity index is 1180. The molecule has 7 atom stereocenters. The number of carbonyl (C=O) groups is 2. The van der Waals surface area contributed by atoms with Crippen molar-refractivity contribution in [3.8, 4) is 0 Å². The van der Waals surface area contributed by atoms with Crippen LogP contribution in [0.25, 0.3) is 0 Å². The molecular formula is C34H50F6O6. The molecule has 0 radical (unpaired) electrons.